The molecule has 0 bridgehead atoms. The van der Waals surface area contributed by atoms with E-state index in [1.807, 2.05) is 51.5 Å². The Hall–Kier alpha value is -2.58. The Bertz CT molecular complexity index is 979. The zero-order valence-corrected chi connectivity index (χ0v) is 18.7. The molecule has 7 nitrogen and oxygen atoms in total. The second-order valence-electron chi connectivity index (χ2n) is 8.10. The molecular weight excluding hydrogens is 394 g/mol. The van der Waals surface area contributed by atoms with E-state index in [2.05, 4.69) is 30.5 Å². The first-order chi connectivity index (χ1) is 14.5. The molecule has 0 amide bonds. The minimum atomic E-state index is 0.479. The summed E-state index contributed by atoms with van der Waals surface area (Å²) in [5.41, 5.74) is 2.88. The second kappa shape index (κ2) is 9.49. The number of aryl methyl sites for hydroxylation is 1. The SMILES string of the molecule is Cc1cc(-c2cnc(Nc3cccc(CN(C)C)n3)s2)nc(NC2CCCCC2)n1. The Kier molecular flexibility index (Phi) is 6.54. The second-order valence-corrected chi connectivity index (χ2v) is 9.13. The van der Waals surface area contributed by atoms with Crippen molar-refractivity contribution in [1.29, 1.82) is 0 Å². The van der Waals surface area contributed by atoms with Crippen LogP contribution in [0.2, 0.25) is 0 Å². The number of rotatable bonds is 7. The highest BCUT2D eigenvalue weighted by Gasteiger charge is 2.16. The number of pyridine rings is 1. The minimum Gasteiger partial charge on any atom is -0.351 e. The third-order valence-electron chi connectivity index (χ3n) is 5.07. The number of nitrogens with one attached hydrogen (secondary N) is 2. The lowest BCUT2D eigenvalue weighted by Crippen LogP contribution is -2.23. The predicted octanol–water partition coefficient (Wildman–Crippen LogP) is 4.85. The fraction of sp³-hybridized carbons (Fsp3) is 0.455. The Morgan fingerprint density at radius 3 is 2.73 bits per heavy atom. The van der Waals surface area contributed by atoms with Crippen LogP contribution in [0.4, 0.5) is 16.9 Å². The molecule has 8 heteroatoms. The number of anilines is 3. The number of nitrogens with zero attached hydrogens (tertiary/aromatic N) is 5. The molecule has 2 N–H and O–H groups in total. The molecule has 0 aliphatic heterocycles. The van der Waals surface area contributed by atoms with Crippen molar-refractivity contribution in [2.24, 2.45) is 0 Å². The van der Waals surface area contributed by atoms with Crippen molar-refractivity contribution in [2.45, 2.75) is 51.6 Å². The van der Waals surface area contributed by atoms with Gasteiger partial charge in [0.05, 0.1) is 16.3 Å². The van der Waals surface area contributed by atoms with E-state index < -0.39 is 0 Å². The van der Waals surface area contributed by atoms with Gasteiger partial charge in [0.25, 0.3) is 0 Å². The van der Waals surface area contributed by atoms with Crippen molar-refractivity contribution in [1.82, 2.24) is 24.8 Å². The van der Waals surface area contributed by atoms with E-state index in [0.29, 0.717) is 6.04 Å². The van der Waals surface area contributed by atoms with E-state index in [1.165, 1.54) is 32.1 Å². The smallest absolute Gasteiger partial charge is 0.223 e. The van der Waals surface area contributed by atoms with Gasteiger partial charge in [-0.3, -0.25) is 0 Å². The molecule has 4 rings (SSSR count). The van der Waals surface area contributed by atoms with Gasteiger partial charge in [-0.15, -0.1) is 0 Å². The quantitative estimate of drug-likeness (QED) is 0.562. The monoisotopic (exact) mass is 423 g/mol. The summed E-state index contributed by atoms with van der Waals surface area (Å²) >= 11 is 1.57. The van der Waals surface area contributed by atoms with Crippen LogP contribution >= 0.6 is 11.3 Å². The molecule has 0 spiro atoms. The molecule has 0 aromatic carbocycles. The Morgan fingerprint density at radius 1 is 1.10 bits per heavy atom. The van der Waals surface area contributed by atoms with Gasteiger partial charge < -0.3 is 15.5 Å². The zero-order chi connectivity index (χ0) is 20.9. The number of aromatic nitrogens is 4. The molecule has 1 fully saturated rings. The van der Waals surface area contributed by atoms with Gasteiger partial charge in [0.1, 0.15) is 5.82 Å². The normalized spacial score (nSPS) is 14.8. The van der Waals surface area contributed by atoms with Crippen LogP contribution in [-0.2, 0) is 6.54 Å². The molecule has 0 atom stereocenters. The van der Waals surface area contributed by atoms with E-state index in [9.17, 15) is 0 Å². The third kappa shape index (κ3) is 5.52. The van der Waals surface area contributed by atoms with Gasteiger partial charge in [0, 0.05) is 24.5 Å². The number of hydrogen-bond donors (Lipinski definition) is 2. The summed E-state index contributed by atoms with van der Waals surface area (Å²) in [7, 11) is 4.08. The maximum Gasteiger partial charge on any atom is 0.223 e. The molecule has 0 radical (unpaired) electrons. The number of thiazole rings is 1. The van der Waals surface area contributed by atoms with E-state index in [0.717, 1.165) is 45.4 Å². The molecule has 3 heterocycles. The summed E-state index contributed by atoms with van der Waals surface area (Å²) in [6.45, 7) is 2.81. The third-order valence-corrected chi connectivity index (χ3v) is 6.01. The van der Waals surface area contributed by atoms with Crippen LogP contribution in [0.1, 0.15) is 43.5 Å². The Balaban J connectivity index is 1.48. The first-order valence-corrected chi connectivity index (χ1v) is 11.3. The molecule has 0 unspecified atom stereocenters. The lowest BCUT2D eigenvalue weighted by molar-refractivity contribution is 0.397. The van der Waals surface area contributed by atoms with E-state index >= 15 is 0 Å². The molecule has 30 heavy (non-hydrogen) atoms. The lowest BCUT2D eigenvalue weighted by atomic mass is 9.96. The van der Waals surface area contributed by atoms with Gasteiger partial charge in [0.15, 0.2) is 5.13 Å². The van der Waals surface area contributed by atoms with Gasteiger partial charge in [-0.1, -0.05) is 36.7 Å². The minimum absolute atomic E-state index is 0.479. The van der Waals surface area contributed by atoms with Crippen molar-refractivity contribution in [3.8, 4) is 10.6 Å². The number of hydrogen-bond acceptors (Lipinski definition) is 8. The molecule has 1 saturated carbocycles. The summed E-state index contributed by atoms with van der Waals surface area (Å²) in [4.78, 5) is 21.7. The highest BCUT2D eigenvalue weighted by atomic mass is 32.1. The first-order valence-electron chi connectivity index (χ1n) is 10.5. The largest absolute Gasteiger partial charge is 0.351 e. The molecule has 0 saturated heterocycles. The van der Waals surface area contributed by atoms with Crippen molar-refractivity contribution in [3.63, 3.8) is 0 Å². The molecule has 3 aromatic heterocycles. The average Bonchev–Trinajstić information content (AvgIpc) is 3.17. The maximum absolute atomic E-state index is 4.76. The summed E-state index contributed by atoms with van der Waals surface area (Å²) in [5, 5.41) is 7.66. The van der Waals surface area contributed by atoms with Crippen LogP contribution in [-0.4, -0.2) is 45.0 Å². The van der Waals surface area contributed by atoms with Gasteiger partial charge >= 0.3 is 0 Å². The lowest BCUT2D eigenvalue weighted by Gasteiger charge is -2.22. The first kappa shape index (κ1) is 20.7. The van der Waals surface area contributed by atoms with Gasteiger partial charge in [-0.25, -0.2) is 19.9 Å². The van der Waals surface area contributed by atoms with Crippen molar-refractivity contribution in [3.05, 3.63) is 41.9 Å². The van der Waals surface area contributed by atoms with Gasteiger partial charge in [-0.2, -0.15) is 0 Å². The average molecular weight is 424 g/mol. The van der Waals surface area contributed by atoms with Crippen LogP contribution in [0.15, 0.2) is 30.5 Å². The van der Waals surface area contributed by atoms with E-state index in [-0.39, 0.29) is 0 Å². The van der Waals surface area contributed by atoms with Crippen molar-refractivity contribution in [2.75, 3.05) is 24.7 Å². The van der Waals surface area contributed by atoms with Crippen LogP contribution in [0, 0.1) is 6.92 Å². The Labute approximate surface area is 182 Å². The van der Waals surface area contributed by atoms with Crippen molar-refractivity contribution >= 4 is 28.2 Å². The van der Waals surface area contributed by atoms with Crippen LogP contribution < -0.4 is 10.6 Å². The van der Waals surface area contributed by atoms with E-state index in [4.69, 9.17) is 4.98 Å². The summed E-state index contributed by atoms with van der Waals surface area (Å²) < 4.78 is 0. The topological polar surface area (TPSA) is 78.9 Å². The van der Waals surface area contributed by atoms with E-state index in [1.54, 1.807) is 11.3 Å². The summed E-state index contributed by atoms with van der Waals surface area (Å²) in [5.74, 6) is 1.52. The van der Waals surface area contributed by atoms with Crippen LogP contribution in [0.5, 0.6) is 0 Å². The van der Waals surface area contributed by atoms with Crippen LogP contribution in [0.3, 0.4) is 0 Å². The molecule has 1 aliphatic carbocycles. The predicted molar refractivity (Wildman–Crippen MR) is 123 cm³/mol. The standard InChI is InChI=1S/C22H29N7S/c1-15-12-18(27-21(24-15)26-16-8-5-4-6-9-16)19-13-23-22(30-19)28-20-11-7-10-17(25-20)14-29(2)3/h7,10-13,16H,4-6,8-9,14H2,1-3H3,(H,23,25,28)(H,24,26,27). The van der Waals surface area contributed by atoms with Gasteiger partial charge in [0.2, 0.25) is 5.95 Å². The van der Waals surface area contributed by atoms with Crippen LogP contribution in [0.25, 0.3) is 10.6 Å². The Morgan fingerprint density at radius 2 is 1.93 bits per heavy atom. The molecular formula is C22H29N7S. The van der Waals surface area contributed by atoms with Gasteiger partial charge in [-0.05, 0) is 52.1 Å². The highest BCUT2D eigenvalue weighted by molar-refractivity contribution is 7.18. The molecule has 1 aliphatic rings. The summed E-state index contributed by atoms with van der Waals surface area (Å²) in [6, 6.07) is 8.50. The summed E-state index contributed by atoms with van der Waals surface area (Å²) in [6.07, 6.45) is 8.15. The fourth-order valence-corrected chi connectivity index (χ4v) is 4.49. The zero-order valence-electron chi connectivity index (χ0n) is 17.9. The molecule has 158 valence electrons. The fourth-order valence-electron chi connectivity index (χ4n) is 3.71. The highest BCUT2D eigenvalue weighted by Crippen LogP contribution is 2.30. The van der Waals surface area contributed by atoms with Crippen molar-refractivity contribution < 1.29 is 0 Å². The molecule has 3 aromatic rings. The maximum atomic E-state index is 4.76.